The summed E-state index contributed by atoms with van der Waals surface area (Å²) in [7, 11) is 0. The van der Waals surface area contributed by atoms with Gasteiger partial charge in [0.1, 0.15) is 5.25 Å². The van der Waals surface area contributed by atoms with Gasteiger partial charge in [-0.25, -0.2) is 0 Å². The molecule has 0 fully saturated rings. The summed E-state index contributed by atoms with van der Waals surface area (Å²) < 4.78 is 0. The summed E-state index contributed by atoms with van der Waals surface area (Å²) in [6, 6.07) is 34.4. The minimum Gasteiger partial charge on any atom is -0.332 e. The predicted molar refractivity (Wildman–Crippen MR) is 148 cm³/mol. The minimum absolute atomic E-state index is 0.127. The van der Waals surface area contributed by atoms with Crippen LogP contribution >= 0.6 is 35.6 Å². The molecule has 0 aliphatic rings. The smallest absolute Gasteiger partial charge is 0.242 e. The summed E-state index contributed by atoms with van der Waals surface area (Å²) in [5, 5.41) is 9.97. The molecule has 1 unspecified atom stereocenters. The second kappa shape index (κ2) is 11.7. The Morgan fingerprint density at radius 1 is 0.706 bits per heavy atom. The van der Waals surface area contributed by atoms with Gasteiger partial charge in [-0.05, 0) is 66.3 Å². The van der Waals surface area contributed by atoms with Crippen molar-refractivity contribution >= 4 is 63.7 Å². The number of carbonyl (C=O) groups is 1. The second-order valence-electron chi connectivity index (χ2n) is 7.38. The quantitative estimate of drug-likeness (QED) is 0.179. The summed E-state index contributed by atoms with van der Waals surface area (Å²) >= 11 is 13.0. The topological polar surface area (TPSA) is 53.2 Å². The van der Waals surface area contributed by atoms with Gasteiger partial charge < -0.3 is 16.0 Å². The van der Waals surface area contributed by atoms with Gasteiger partial charge in [-0.3, -0.25) is 4.79 Å². The minimum atomic E-state index is -0.454. The molecule has 4 aromatic carbocycles. The molecule has 170 valence electrons. The van der Waals surface area contributed by atoms with E-state index in [1.54, 1.807) is 12.1 Å². The van der Waals surface area contributed by atoms with Crippen molar-refractivity contribution < 1.29 is 4.79 Å². The Balaban J connectivity index is 1.50. The maximum absolute atomic E-state index is 13.3. The van der Waals surface area contributed by atoms with E-state index in [0.717, 1.165) is 21.8 Å². The first kappa shape index (κ1) is 23.8. The van der Waals surface area contributed by atoms with Gasteiger partial charge in [0.2, 0.25) is 5.91 Å². The number of hydrogen-bond donors (Lipinski definition) is 3. The fourth-order valence-electron chi connectivity index (χ4n) is 3.27. The van der Waals surface area contributed by atoms with Crippen LogP contribution in [0.4, 0.5) is 17.1 Å². The molecule has 0 aliphatic heterocycles. The highest BCUT2D eigenvalue weighted by atomic mass is 35.5. The van der Waals surface area contributed by atoms with Crippen LogP contribution in [0.3, 0.4) is 0 Å². The van der Waals surface area contributed by atoms with E-state index in [4.69, 9.17) is 23.8 Å². The first-order valence-corrected chi connectivity index (χ1v) is 12.2. The number of thioether (sulfide) groups is 1. The fraction of sp³-hybridized carbons (Fsp3) is 0.0370. The molecule has 3 N–H and O–H groups in total. The van der Waals surface area contributed by atoms with E-state index in [1.165, 1.54) is 11.8 Å². The number of amides is 1. The Kier molecular flexibility index (Phi) is 8.20. The van der Waals surface area contributed by atoms with Crippen LogP contribution in [0.1, 0.15) is 10.8 Å². The number of carbonyl (C=O) groups excluding carboxylic acids is 1. The molecule has 0 aromatic heterocycles. The van der Waals surface area contributed by atoms with Gasteiger partial charge in [0.15, 0.2) is 5.11 Å². The average molecular weight is 504 g/mol. The highest BCUT2D eigenvalue weighted by molar-refractivity contribution is 8.00. The van der Waals surface area contributed by atoms with Crippen LogP contribution in [0.15, 0.2) is 114 Å². The maximum Gasteiger partial charge on any atom is 0.242 e. The van der Waals surface area contributed by atoms with Crippen LogP contribution in [0.2, 0.25) is 5.02 Å². The molecular formula is C27H22ClN3OS2. The van der Waals surface area contributed by atoms with Crippen LogP contribution in [0.5, 0.6) is 0 Å². The molecule has 0 aliphatic carbocycles. The Labute approximate surface area is 213 Å². The van der Waals surface area contributed by atoms with Gasteiger partial charge >= 0.3 is 0 Å². The summed E-state index contributed by atoms with van der Waals surface area (Å²) in [6.45, 7) is 0. The molecule has 7 heteroatoms. The number of anilines is 3. The van der Waals surface area contributed by atoms with Crippen molar-refractivity contribution in [2.24, 2.45) is 0 Å². The number of hydrogen-bond acceptors (Lipinski definition) is 3. The van der Waals surface area contributed by atoms with Gasteiger partial charge in [0.25, 0.3) is 0 Å². The van der Waals surface area contributed by atoms with Crippen molar-refractivity contribution in [1.82, 2.24) is 0 Å². The first-order valence-electron chi connectivity index (χ1n) is 10.6. The van der Waals surface area contributed by atoms with Crippen molar-refractivity contribution in [1.29, 1.82) is 0 Å². The van der Waals surface area contributed by atoms with Crippen molar-refractivity contribution in [2.75, 3.05) is 16.0 Å². The second-order valence-corrected chi connectivity index (χ2v) is 9.40. The van der Waals surface area contributed by atoms with Crippen LogP contribution in [0, 0.1) is 0 Å². The number of nitrogens with one attached hydrogen (secondary N) is 3. The van der Waals surface area contributed by atoms with Gasteiger partial charge in [-0.2, -0.15) is 0 Å². The van der Waals surface area contributed by atoms with E-state index in [-0.39, 0.29) is 5.91 Å². The van der Waals surface area contributed by atoms with Gasteiger partial charge in [-0.15, -0.1) is 11.8 Å². The van der Waals surface area contributed by atoms with Crippen molar-refractivity contribution in [2.45, 2.75) is 10.1 Å². The normalized spacial score (nSPS) is 11.3. The lowest BCUT2D eigenvalue weighted by Crippen LogP contribution is -2.19. The fourth-order valence-corrected chi connectivity index (χ4v) is 4.78. The van der Waals surface area contributed by atoms with Crippen LogP contribution in [-0.2, 0) is 4.79 Å². The zero-order chi connectivity index (χ0) is 23.8. The lowest BCUT2D eigenvalue weighted by Gasteiger charge is -2.18. The lowest BCUT2D eigenvalue weighted by molar-refractivity contribution is -0.115. The molecule has 0 bridgehead atoms. The zero-order valence-corrected chi connectivity index (χ0v) is 20.5. The van der Waals surface area contributed by atoms with E-state index in [0.29, 0.717) is 15.8 Å². The van der Waals surface area contributed by atoms with E-state index >= 15 is 0 Å². The predicted octanol–water partition coefficient (Wildman–Crippen LogP) is 7.62. The lowest BCUT2D eigenvalue weighted by atomic mass is 10.1. The zero-order valence-electron chi connectivity index (χ0n) is 18.1. The standard InChI is InChI=1S/C27H22ClN3OS2/c28-20-11-7-14-22(17-20)29-26(32)25(19-9-3-1-4-10-19)34-24-16-8-15-23(18-24)31-27(33)30-21-12-5-2-6-13-21/h1-18,25H,(H,29,32)(H2,30,31,33). The molecule has 0 heterocycles. The first-order chi connectivity index (χ1) is 16.6. The van der Waals surface area contributed by atoms with Crippen LogP contribution in [-0.4, -0.2) is 11.0 Å². The molecule has 34 heavy (non-hydrogen) atoms. The molecule has 4 aromatic rings. The van der Waals surface area contributed by atoms with E-state index < -0.39 is 5.25 Å². The monoisotopic (exact) mass is 503 g/mol. The Hall–Kier alpha value is -3.32. The molecule has 0 spiro atoms. The van der Waals surface area contributed by atoms with Gasteiger partial charge in [0.05, 0.1) is 0 Å². The molecule has 0 saturated carbocycles. The largest absolute Gasteiger partial charge is 0.332 e. The SMILES string of the molecule is O=C(Nc1cccc(Cl)c1)C(Sc1cccc(NC(=S)Nc2ccccc2)c1)c1ccccc1. The van der Waals surface area contributed by atoms with Crippen LogP contribution < -0.4 is 16.0 Å². The van der Waals surface area contributed by atoms with Crippen molar-refractivity contribution in [3.63, 3.8) is 0 Å². The number of benzene rings is 4. The molecule has 1 amide bonds. The highest BCUT2D eigenvalue weighted by Crippen LogP contribution is 2.37. The number of para-hydroxylation sites is 1. The van der Waals surface area contributed by atoms with E-state index in [1.807, 2.05) is 97.1 Å². The number of thiocarbonyl (C=S) groups is 1. The number of rotatable bonds is 7. The van der Waals surface area contributed by atoms with Gasteiger partial charge in [-0.1, -0.05) is 72.3 Å². The van der Waals surface area contributed by atoms with E-state index in [2.05, 4.69) is 16.0 Å². The summed E-state index contributed by atoms with van der Waals surface area (Å²) in [5.41, 5.74) is 3.31. The van der Waals surface area contributed by atoms with Gasteiger partial charge in [0, 0.05) is 27.0 Å². The van der Waals surface area contributed by atoms with Crippen molar-refractivity contribution in [3.05, 3.63) is 120 Å². The maximum atomic E-state index is 13.3. The molecule has 4 nitrogen and oxygen atoms in total. The third kappa shape index (κ3) is 6.84. The van der Waals surface area contributed by atoms with E-state index in [9.17, 15) is 4.79 Å². The average Bonchev–Trinajstić information content (AvgIpc) is 2.84. The third-order valence-electron chi connectivity index (χ3n) is 4.81. The molecule has 4 rings (SSSR count). The number of halogens is 1. The molecule has 0 saturated heterocycles. The molecular weight excluding hydrogens is 482 g/mol. The molecule has 1 atom stereocenters. The van der Waals surface area contributed by atoms with Crippen LogP contribution in [0.25, 0.3) is 0 Å². The summed E-state index contributed by atoms with van der Waals surface area (Å²) in [4.78, 5) is 14.2. The molecule has 0 radical (unpaired) electrons. The Bertz CT molecular complexity index is 1270. The Morgan fingerprint density at radius 2 is 1.29 bits per heavy atom. The summed E-state index contributed by atoms with van der Waals surface area (Å²) in [5.74, 6) is -0.127. The van der Waals surface area contributed by atoms with Crippen molar-refractivity contribution in [3.8, 4) is 0 Å². The summed E-state index contributed by atoms with van der Waals surface area (Å²) in [6.07, 6.45) is 0. The third-order valence-corrected chi connectivity index (χ3v) is 6.50. The highest BCUT2D eigenvalue weighted by Gasteiger charge is 2.22. The Morgan fingerprint density at radius 3 is 2.00 bits per heavy atom.